The number of hydrogen-bond donors (Lipinski definition) is 3. The van der Waals surface area contributed by atoms with Gasteiger partial charge in [-0.25, -0.2) is 0 Å². The highest BCUT2D eigenvalue weighted by Crippen LogP contribution is 2.38. The number of aromatic nitrogens is 3. The molecule has 1 amide bonds. The van der Waals surface area contributed by atoms with Crippen LogP contribution >= 0.6 is 0 Å². The molecule has 3 N–H and O–H groups in total. The fourth-order valence-corrected chi connectivity index (χ4v) is 2.92. The van der Waals surface area contributed by atoms with Gasteiger partial charge < -0.3 is 15.5 Å². The highest BCUT2D eigenvalue weighted by Gasteiger charge is 2.42. The highest BCUT2D eigenvalue weighted by molar-refractivity contribution is 5.73. The molecular formula is C13H20N4O3. The Bertz CT molecular complexity index is 500. The smallest absolute Gasteiger partial charge is 0.217 e. The summed E-state index contributed by atoms with van der Waals surface area (Å²) in [7, 11) is 0. The second kappa shape index (κ2) is 5.14. The van der Waals surface area contributed by atoms with E-state index in [1.807, 2.05) is 6.20 Å². The van der Waals surface area contributed by atoms with E-state index in [0.717, 1.165) is 5.69 Å². The first-order valence-electron chi connectivity index (χ1n) is 7.08. The number of aliphatic hydroxyl groups is 2. The molecule has 7 heteroatoms. The largest absolute Gasteiger partial charge is 0.390 e. The summed E-state index contributed by atoms with van der Waals surface area (Å²) in [6.07, 6.45) is 3.04. The molecule has 2 aliphatic rings. The lowest BCUT2D eigenvalue weighted by atomic mass is 10.1. The van der Waals surface area contributed by atoms with E-state index in [9.17, 15) is 15.0 Å². The minimum Gasteiger partial charge on any atom is -0.390 e. The average molecular weight is 280 g/mol. The van der Waals surface area contributed by atoms with Crippen molar-refractivity contribution in [3.05, 3.63) is 11.9 Å². The number of nitrogens with one attached hydrogen (secondary N) is 1. The lowest BCUT2D eigenvalue weighted by Gasteiger charge is -2.17. The van der Waals surface area contributed by atoms with Crippen molar-refractivity contribution in [2.45, 2.75) is 56.9 Å². The van der Waals surface area contributed by atoms with Crippen LogP contribution in [0.4, 0.5) is 0 Å². The third-order valence-corrected chi connectivity index (χ3v) is 4.16. The van der Waals surface area contributed by atoms with Gasteiger partial charge in [-0.2, -0.15) is 0 Å². The molecule has 0 unspecified atom stereocenters. The van der Waals surface area contributed by atoms with Gasteiger partial charge in [0.15, 0.2) is 0 Å². The fourth-order valence-electron chi connectivity index (χ4n) is 2.92. The number of rotatable bonds is 4. The Kier molecular flexibility index (Phi) is 3.47. The van der Waals surface area contributed by atoms with Gasteiger partial charge in [-0.3, -0.25) is 9.48 Å². The van der Waals surface area contributed by atoms with Crippen molar-refractivity contribution in [2.24, 2.45) is 5.92 Å². The van der Waals surface area contributed by atoms with Crippen molar-refractivity contribution in [3.63, 3.8) is 0 Å². The molecule has 0 aromatic carbocycles. The summed E-state index contributed by atoms with van der Waals surface area (Å²) in [6.45, 7) is 1.92. The third kappa shape index (κ3) is 2.69. The minimum absolute atomic E-state index is 0.129. The van der Waals surface area contributed by atoms with E-state index in [1.165, 1.54) is 19.8 Å². The van der Waals surface area contributed by atoms with E-state index in [-0.39, 0.29) is 17.9 Å². The molecule has 7 nitrogen and oxygen atoms in total. The molecule has 3 rings (SSSR count). The Morgan fingerprint density at radius 1 is 1.45 bits per heavy atom. The zero-order chi connectivity index (χ0) is 14.3. The second-order valence-corrected chi connectivity index (χ2v) is 5.92. The molecule has 20 heavy (non-hydrogen) atoms. The Morgan fingerprint density at radius 2 is 2.20 bits per heavy atom. The zero-order valence-electron chi connectivity index (χ0n) is 11.4. The van der Waals surface area contributed by atoms with Gasteiger partial charge in [0.2, 0.25) is 5.91 Å². The van der Waals surface area contributed by atoms with E-state index in [2.05, 4.69) is 15.6 Å². The summed E-state index contributed by atoms with van der Waals surface area (Å²) in [5, 5.41) is 30.9. The van der Waals surface area contributed by atoms with E-state index >= 15 is 0 Å². The molecule has 0 radical (unpaired) electrons. The van der Waals surface area contributed by atoms with Crippen LogP contribution in [0, 0.1) is 5.92 Å². The number of amides is 1. The van der Waals surface area contributed by atoms with E-state index < -0.39 is 12.2 Å². The van der Waals surface area contributed by atoms with Crippen molar-refractivity contribution in [3.8, 4) is 0 Å². The van der Waals surface area contributed by atoms with Crippen LogP contribution in [0.25, 0.3) is 0 Å². The van der Waals surface area contributed by atoms with Crippen molar-refractivity contribution < 1.29 is 15.0 Å². The Morgan fingerprint density at radius 3 is 2.85 bits per heavy atom. The maximum absolute atomic E-state index is 11.1. The lowest BCUT2D eigenvalue weighted by molar-refractivity contribution is -0.120. The minimum atomic E-state index is -0.921. The molecule has 2 aliphatic carbocycles. The molecule has 1 aromatic rings. The fraction of sp³-hybridized carbons (Fsp3) is 0.769. The van der Waals surface area contributed by atoms with Crippen LogP contribution in [0.1, 0.15) is 37.8 Å². The maximum atomic E-state index is 11.1. The highest BCUT2D eigenvalue weighted by atomic mass is 16.3. The monoisotopic (exact) mass is 280 g/mol. The van der Waals surface area contributed by atoms with Crippen LogP contribution in [0.15, 0.2) is 6.20 Å². The first kappa shape index (κ1) is 13.5. The normalized spacial score (nSPS) is 33.4. The number of carbonyl (C=O) groups excluding carboxylic acids is 1. The van der Waals surface area contributed by atoms with Crippen LogP contribution in [0.5, 0.6) is 0 Å². The summed E-state index contributed by atoms with van der Waals surface area (Å²) in [5.41, 5.74) is 1.01. The summed E-state index contributed by atoms with van der Waals surface area (Å²) in [4.78, 5) is 11.1. The number of hydrogen-bond acceptors (Lipinski definition) is 5. The van der Waals surface area contributed by atoms with Crippen LogP contribution in [0.2, 0.25) is 0 Å². The summed E-state index contributed by atoms with van der Waals surface area (Å²) in [6, 6.07) is -0.390. The first-order chi connectivity index (χ1) is 9.54. The standard InChI is InChI=1S/C13H20N4O3/c1-7(18)14-10-4-9(12(19)13(10)20)5-17-6-11(15-16-17)8-2-3-8/h6,8-10,12-13,19-20H,2-5H2,1H3,(H,14,18)/t9-,10-,12-,13+/m1/s1. The van der Waals surface area contributed by atoms with Crippen molar-refractivity contribution in [2.75, 3.05) is 0 Å². The van der Waals surface area contributed by atoms with Crippen LogP contribution < -0.4 is 5.32 Å². The molecule has 0 spiro atoms. The number of carbonyl (C=O) groups is 1. The molecule has 1 heterocycles. The number of aliphatic hydroxyl groups excluding tert-OH is 2. The Labute approximate surface area is 117 Å². The van der Waals surface area contributed by atoms with Crippen molar-refractivity contribution in [1.82, 2.24) is 20.3 Å². The van der Waals surface area contributed by atoms with Gasteiger partial charge in [0.1, 0.15) is 6.10 Å². The van der Waals surface area contributed by atoms with Gasteiger partial charge in [0.25, 0.3) is 0 Å². The zero-order valence-corrected chi connectivity index (χ0v) is 11.4. The molecule has 0 aliphatic heterocycles. The molecule has 0 bridgehead atoms. The van der Waals surface area contributed by atoms with Crippen LogP contribution in [-0.2, 0) is 11.3 Å². The van der Waals surface area contributed by atoms with Crippen LogP contribution in [-0.4, -0.2) is 49.4 Å². The van der Waals surface area contributed by atoms with E-state index in [1.54, 1.807) is 4.68 Å². The quantitative estimate of drug-likeness (QED) is 0.684. The Balaban J connectivity index is 1.62. The molecule has 1 aromatic heterocycles. The Hall–Kier alpha value is -1.47. The van der Waals surface area contributed by atoms with Gasteiger partial charge in [-0.05, 0) is 19.3 Å². The van der Waals surface area contributed by atoms with Crippen molar-refractivity contribution >= 4 is 5.91 Å². The lowest BCUT2D eigenvalue weighted by Crippen LogP contribution is -2.42. The maximum Gasteiger partial charge on any atom is 0.217 e. The van der Waals surface area contributed by atoms with E-state index in [4.69, 9.17) is 0 Å². The van der Waals surface area contributed by atoms with Gasteiger partial charge in [0.05, 0.1) is 17.8 Å². The van der Waals surface area contributed by atoms with Crippen molar-refractivity contribution in [1.29, 1.82) is 0 Å². The molecule has 2 fully saturated rings. The third-order valence-electron chi connectivity index (χ3n) is 4.16. The van der Waals surface area contributed by atoms with Gasteiger partial charge >= 0.3 is 0 Å². The average Bonchev–Trinajstić information content (AvgIpc) is 3.09. The molecule has 110 valence electrons. The van der Waals surface area contributed by atoms with E-state index in [0.29, 0.717) is 18.9 Å². The first-order valence-corrected chi connectivity index (χ1v) is 7.08. The summed E-state index contributed by atoms with van der Waals surface area (Å²) in [5.74, 6) is 0.226. The van der Waals surface area contributed by atoms with Crippen LogP contribution in [0.3, 0.4) is 0 Å². The van der Waals surface area contributed by atoms with Gasteiger partial charge in [-0.1, -0.05) is 5.21 Å². The van der Waals surface area contributed by atoms with Gasteiger partial charge in [-0.15, -0.1) is 5.10 Å². The topological polar surface area (TPSA) is 100 Å². The molecule has 2 saturated carbocycles. The SMILES string of the molecule is CC(=O)N[C@@H]1C[C@H](Cn2cc(C3CC3)nn2)[C@@H](O)[C@H]1O. The molecule has 0 saturated heterocycles. The number of nitrogens with zero attached hydrogens (tertiary/aromatic N) is 3. The second-order valence-electron chi connectivity index (χ2n) is 5.92. The molecular weight excluding hydrogens is 260 g/mol. The molecule has 4 atom stereocenters. The summed E-state index contributed by atoms with van der Waals surface area (Å²) < 4.78 is 1.73. The predicted molar refractivity (Wildman–Crippen MR) is 69.7 cm³/mol. The van der Waals surface area contributed by atoms with Gasteiger partial charge in [0, 0.05) is 31.5 Å². The summed E-state index contributed by atoms with van der Waals surface area (Å²) >= 11 is 0. The predicted octanol–water partition coefficient (Wildman–Crippen LogP) is -0.598.